The van der Waals surface area contributed by atoms with Crippen LogP contribution in [0.1, 0.15) is 39.2 Å². The molecule has 0 spiro atoms. The van der Waals surface area contributed by atoms with Gasteiger partial charge in [-0.25, -0.2) is 0 Å². The van der Waals surface area contributed by atoms with Crippen LogP contribution in [0.3, 0.4) is 0 Å². The Labute approximate surface area is 104 Å². The number of phenols is 1. The Hall–Kier alpha value is -1.57. The summed E-state index contributed by atoms with van der Waals surface area (Å²) >= 11 is 0. The topological polar surface area (TPSA) is 32.6 Å². The lowest BCUT2D eigenvalue weighted by Crippen LogP contribution is -1.98. The van der Waals surface area contributed by atoms with Gasteiger partial charge in [0.25, 0.3) is 0 Å². The fourth-order valence-corrected chi connectivity index (χ4v) is 1.49. The number of rotatable bonds is 5. The van der Waals surface area contributed by atoms with E-state index in [0.717, 1.165) is 18.4 Å². The van der Waals surface area contributed by atoms with Crippen molar-refractivity contribution in [2.45, 2.75) is 39.7 Å². The monoisotopic (exact) mass is 231 g/mol. The van der Waals surface area contributed by atoms with Gasteiger partial charge < -0.3 is 5.11 Å². The molecule has 1 unspecified atom stereocenters. The van der Waals surface area contributed by atoms with E-state index in [1.807, 2.05) is 18.2 Å². The first-order chi connectivity index (χ1) is 8.09. The molecule has 0 heterocycles. The van der Waals surface area contributed by atoms with E-state index < -0.39 is 0 Å². The largest absolute Gasteiger partial charge is 0.507 e. The van der Waals surface area contributed by atoms with Gasteiger partial charge in [-0.05, 0) is 45.7 Å². The van der Waals surface area contributed by atoms with Crippen molar-refractivity contribution in [2.24, 2.45) is 4.99 Å². The Balaban J connectivity index is 2.48. The van der Waals surface area contributed by atoms with Crippen LogP contribution in [0, 0.1) is 0 Å². The van der Waals surface area contributed by atoms with Gasteiger partial charge >= 0.3 is 0 Å². The summed E-state index contributed by atoms with van der Waals surface area (Å²) in [7, 11) is 0. The fraction of sp³-hybridized carbons (Fsp3) is 0.400. The lowest BCUT2D eigenvalue weighted by Gasteiger charge is -2.04. The Morgan fingerprint density at radius 2 is 2.06 bits per heavy atom. The summed E-state index contributed by atoms with van der Waals surface area (Å²) in [5, 5.41) is 9.57. The van der Waals surface area contributed by atoms with E-state index in [1.165, 1.54) is 5.57 Å². The Morgan fingerprint density at radius 3 is 2.71 bits per heavy atom. The third-order valence-electron chi connectivity index (χ3n) is 2.54. The van der Waals surface area contributed by atoms with Gasteiger partial charge in [-0.3, -0.25) is 4.99 Å². The average Bonchev–Trinajstić information content (AvgIpc) is 2.27. The number of benzene rings is 1. The number of allylic oxidation sites excluding steroid dienone is 2. The molecule has 17 heavy (non-hydrogen) atoms. The Morgan fingerprint density at radius 1 is 1.35 bits per heavy atom. The van der Waals surface area contributed by atoms with Crippen LogP contribution in [0.4, 0.5) is 0 Å². The predicted octanol–water partition coefficient (Wildman–Crippen LogP) is 3.95. The molecule has 1 rings (SSSR count). The normalized spacial score (nSPS) is 12.6. The minimum absolute atomic E-state index is 0.283. The van der Waals surface area contributed by atoms with E-state index in [9.17, 15) is 5.11 Å². The Kier molecular flexibility index (Phi) is 5.47. The molecule has 0 radical (unpaired) electrons. The minimum atomic E-state index is 0.283. The highest BCUT2D eigenvalue weighted by Crippen LogP contribution is 2.13. The molecule has 0 saturated carbocycles. The van der Waals surface area contributed by atoms with Crippen LogP contribution >= 0.6 is 0 Å². The van der Waals surface area contributed by atoms with Crippen LogP contribution < -0.4 is 0 Å². The highest BCUT2D eigenvalue weighted by Gasteiger charge is 1.98. The van der Waals surface area contributed by atoms with Crippen molar-refractivity contribution in [3.63, 3.8) is 0 Å². The van der Waals surface area contributed by atoms with E-state index >= 15 is 0 Å². The first kappa shape index (κ1) is 13.5. The summed E-state index contributed by atoms with van der Waals surface area (Å²) in [5.41, 5.74) is 2.13. The summed E-state index contributed by atoms with van der Waals surface area (Å²) in [4.78, 5) is 4.44. The van der Waals surface area contributed by atoms with E-state index in [4.69, 9.17) is 0 Å². The molecule has 0 amide bonds. The van der Waals surface area contributed by atoms with Crippen LogP contribution in [-0.4, -0.2) is 17.4 Å². The standard InChI is InChI=1S/C15H21NO/c1-12(2)7-6-8-13(3)16-11-14-9-4-5-10-15(14)17/h4-5,7,9-11,13,17H,6,8H2,1-3H3. The lowest BCUT2D eigenvalue weighted by atomic mass is 10.1. The highest BCUT2D eigenvalue weighted by atomic mass is 16.3. The minimum Gasteiger partial charge on any atom is -0.507 e. The van der Waals surface area contributed by atoms with Crippen LogP contribution in [0.15, 0.2) is 40.9 Å². The van der Waals surface area contributed by atoms with E-state index in [2.05, 4.69) is 31.8 Å². The van der Waals surface area contributed by atoms with Crippen molar-refractivity contribution in [3.8, 4) is 5.75 Å². The summed E-state index contributed by atoms with van der Waals surface area (Å²) in [5.74, 6) is 0.285. The molecule has 1 N–H and O–H groups in total. The molecule has 0 aliphatic rings. The molecule has 92 valence electrons. The van der Waals surface area contributed by atoms with E-state index in [-0.39, 0.29) is 11.8 Å². The number of para-hydroxylation sites is 1. The zero-order valence-corrected chi connectivity index (χ0v) is 10.9. The molecule has 1 atom stereocenters. The molecule has 0 aliphatic heterocycles. The van der Waals surface area contributed by atoms with Gasteiger partial charge in [0.05, 0.1) is 0 Å². The summed E-state index contributed by atoms with van der Waals surface area (Å²) in [6.07, 6.45) is 6.07. The number of aromatic hydroxyl groups is 1. The first-order valence-electron chi connectivity index (χ1n) is 6.04. The van der Waals surface area contributed by atoms with Gasteiger partial charge in [0, 0.05) is 17.8 Å². The molecule has 0 aromatic heterocycles. The second-order valence-corrected chi connectivity index (χ2v) is 4.54. The predicted molar refractivity (Wildman–Crippen MR) is 73.8 cm³/mol. The molecule has 0 fully saturated rings. The third kappa shape index (κ3) is 5.34. The molecule has 0 bridgehead atoms. The van der Waals surface area contributed by atoms with Gasteiger partial charge in [0.1, 0.15) is 5.75 Å². The fourth-order valence-electron chi connectivity index (χ4n) is 1.49. The maximum Gasteiger partial charge on any atom is 0.124 e. The van der Waals surface area contributed by atoms with Gasteiger partial charge in [-0.15, -0.1) is 0 Å². The van der Waals surface area contributed by atoms with Crippen LogP contribution in [0.25, 0.3) is 0 Å². The van der Waals surface area contributed by atoms with E-state index in [0.29, 0.717) is 0 Å². The number of aliphatic imine (C=N–C) groups is 1. The molecule has 0 saturated heterocycles. The molecule has 2 heteroatoms. The second-order valence-electron chi connectivity index (χ2n) is 4.54. The van der Waals surface area contributed by atoms with Crippen molar-refractivity contribution in [3.05, 3.63) is 41.5 Å². The zero-order chi connectivity index (χ0) is 12.7. The maximum absolute atomic E-state index is 9.57. The second kappa shape index (κ2) is 6.89. The smallest absolute Gasteiger partial charge is 0.124 e. The quantitative estimate of drug-likeness (QED) is 0.604. The van der Waals surface area contributed by atoms with Crippen molar-refractivity contribution in [1.82, 2.24) is 0 Å². The molecule has 2 nitrogen and oxygen atoms in total. The molecule has 0 aliphatic carbocycles. The van der Waals surface area contributed by atoms with Gasteiger partial charge in [0.2, 0.25) is 0 Å². The van der Waals surface area contributed by atoms with Crippen molar-refractivity contribution in [1.29, 1.82) is 0 Å². The third-order valence-corrected chi connectivity index (χ3v) is 2.54. The maximum atomic E-state index is 9.57. The van der Waals surface area contributed by atoms with Crippen LogP contribution in [0.5, 0.6) is 5.75 Å². The number of nitrogens with zero attached hydrogens (tertiary/aromatic N) is 1. The van der Waals surface area contributed by atoms with Crippen molar-refractivity contribution >= 4 is 6.21 Å². The van der Waals surface area contributed by atoms with Crippen LogP contribution in [-0.2, 0) is 0 Å². The van der Waals surface area contributed by atoms with E-state index in [1.54, 1.807) is 12.3 Å². The van der Waals surface area contributed by atoms with Gasteiger partial charge in [0.15, 0.2) is 0 Å². The first-order valence-corrected chi connectivity index (χ1v) is 6.04. The SMILES string of the molecule is CC(C)=CCCC(C)N=Cc1ccccc1O. The molecular weight excluding hydrogens is 210 g/mol. The van der Waals surface area contributed by atoms with Crippen molar-refractivity contribution in [2.75, 3.05) is 0 Å². The molecular formula is C15H21NO. The zero-order valence-electron chi connectivity index (χ0n) is 10.9. The number of phenolic OH excluding ortho intramolecular Hbond substituents is 1. The summed E-state index contributed by atoms with van der Waals surface area (Å²) in [6.45, 7) is 6.31. The number of hydrogen-bond donors (Lipinski definition) is 1. The summed E-state index contributed by atoms with van der Waals surface area (Å²) in [6, 6.07) is 7.53. The van der Waals surface area contributed by atoms with Gasteiger partial charge in [-0.2, -0.15) is 0 Å². The average molecular weight is 231 g/mol. The molecule has 1 aromatic rings. The summed E-state index contributed by atoms with van der Waals surface area (Å²) < 4.78 is 0. The number of hydrogen-bond acceptors (Lipinski definition) is 2. The highest BCUT2D eigenvalue weighted by molar-refractivity contribution is 5.83. The van der Waals surface area contributed by atoms with Crippen LogP contribution in [0.2, 0.25) is 0 Å². The lowest BCUT2D eigenvalue weighted by molar-refractivity contribution is 0.474. The molecule has 1 aromatic carbocycles. The Bertz CT molecular complexity index is 403. The van der Waals surface area contributed by atoms with Crippen molar-refractivity contribution < 1.29 is 5.11 Å². The van der Waals surface area contributed by atoms with Gasteiger partial charge in [-0.1, -0.05) is 23.8 Å².